The largest absolute Gasteiger partial charge is 0.497 e. The van der Waals surface area contributed by atoms with Crippen LogP contribution in [0.3, 0.4) is 0 Å². The van der Waals surface area contributed by atoms with Crippen LogP contribution in [0.25, 0.3) is 10.9 Å². The molecule has 33 heavy (non-hydrogen) atoms. The van der Waals surface area contributed by atoms with Crippen LogP contribution in [0.1, 0.15) is 59.8 Å². The molecule has 1 aliphatic carbocycles. The highest BCUT2D eigenvalue weighted by molar-refractivity contribution is 6.14. The van der Waals surface area contributed by atoms with Gasteiger partial charge in [-0.2, -0.15) is 5.10 Å². The number of rotatable bonds is 6. The number of ether oxygens (including phenoxy) is 1. The van der Waals surface area contributed by atoms with Gasteiger partial charge in [-0.25, -0.2) is 9.67 Å². The van der Waals surface area contributed by atoms with Gasteiger partial charge in [-0.3, -0.25) is 4.79 Å². The number of aromatic nitrogens is 4. The quantitative estimate of drug-likeness (QED) is 0.436. The van der Waals surface area contributed by atoms with E-state index in [1.807, 2.05) is 36.4 Å². The van der Waals surface area contributed by atoms with Gasteiger partial charge < -0.3 is 14.6 Å². The molecule has 1 saturated carbocycles. The predicted octanol–water partition coefficient (Wildman–Crippen LogP) is 5.36. The van der Waals surface area contributed by atoms with Crippen molar-refractivity contribution in [2.45, 2.75) is 51.6 Å². The van der Waals surface area contributed by atoms with Crippen molar-refractivity contribution < 1.29 is 9.53 Å². The third-order valence-electron chi connectivity index (χ3n) is 6.65. The summed E-state index contributed by atoms with van der Waals surface area (Å²) in [6.45, 7) is 2.71. The number of carbonyl (C=O) groups is 1. The molecular weight excluding hydrogens is 414 g/mol. The monoisotopic (exact) mass is 443 g/mol. The average molecular weight is 444 g/mol. The number of amides is 1. The molecule has 0 spiro atoms. The summed E-state index contributed by atoms with van der Waals surface area (Å²) in [7, 11) is 1.66. The minimum atomic E-state index is -0.0932. The first-order valence-electron chi connectivity index (χ1n) is 11.6. The van der Waals surface area contributed by atoms with Crippen LogP contribution in [0.5, 0.6) is 5.75 Å². The molecule has 1 aliphatic rings. The van der Waals surface area contributed by atoms with E-state index in [4.69, 9.17) is 4.74 Å². The van der Waals surface area contributed by atoms with Gasteiger partial charge in [0.1, 0.15) is 18.4 Å². The SMILES string of the molecule is COc1ccc2c(c1)c(C(=O)Nc1ccc(Cn3cncn3)cc1)c(C)n2C1CCCCC1. The number of nitrogens with one attached hydrogen (secondary N) is 1. The Labute approximate surface area is 193 Å². The van der Waals surface area contributed by atoms with Crippen LogP contribution in [0.2, 0.25) is 0 Å². The summed E-state index contributed by atoms with van der Waals surface area (Å²) in [6, 6.07) is 14.4. The lowest BCUT2D eigenvalue weighted by atomic mass is 9.95. The van der Waals surface area contributed by atoms with Crippen molar-refractivity contribution in [3.63, 3.8) is 0 Å². The lowest BCUT2D eigenvalue weighted by molar-refractivity contribution is 0.102. The summed E-state index contributed by atoms with van der Waals surface area (Å²) in [5, 5.41) is 8.18. The smallest absolute Gasteiger partial charge is 0.258 e. The van der Waals surface area contributed by atoms with Crippen LogP contribution in [0, 0.1) is 6.92 Å². The molecule has 7 heteroatoms. The maximum absolute atomic E-state index is 13.5. The van der Waals surface area contributed by atoms with E-state index in [1.54, 1.807) is 18.1 Å². The summed E-state index contributed by atoms with van der Waals surface area (Å²) in [4.78, 5) is 17.5. The van der Waals surface area contributed by atoms with Crippen molar-refractivity contribution in [3.05, 3.63) is 71.9 Å². The van der Waals surface area contributed by atoms with E-state index in [0.717, 1.165) is 52.0 Å². The van der Waals surface area contributed by atoms with Gasteiger partial charge in [0.05, 0.1) is 19.2 Å². The minimum absolute atomic E-state index is 0.0932. The summed E-state index contributed by atoms with van der Waals surface area (Å²) < 4.78 is 9.62. The van der Waals surface area contributed by atoms with Crippen LogP contribution in [-0.4, -0.2) is 32.3 Å². The molecule has 2 aromatic heterocycles. The van der Waals surface area contributed by atoms with Crippen molar-refractivity contribution in [2.24, 2.45) is 0 Å². The lowest BCUT2D eigenvalue weighted by Crippen LogP contribution is -2.16. The van der Waals surface area contributed by atoms with Gasteiger partial charge in [-0.15, -0.1) is 0 Å². The topological polar surface area (TPSA) is 74.0 Å². The van der Waals surface area contributed by atoms with E-state index in [-0.39, 0.29) is 5.91 Å². The number of carbonyl (C=O) groups excluding carboxylic acids is 1. The molecule has 0 bridgehead atoms. The van der Waals surface area contributed by atoms with Gasteiger partial charge in [0, 0.05) is 28.3 Å². The summed E-state index contributed by atoms with van der Waals surface area (Å²) in [5.74, 6) is 0.666. The van der Waals surface area contributed by atoms with Crippen molar-refractivity contribution >= 4 is 22.5 Å². The summed E-state index contributed by atoms with van der Waals surface area (Å²) in [5.41, 5.74) is 4.71. The van der Waals surface area contributed by atoms with Crippen molar-refractivity contribution in [1.82, 2.24) is 19.3 Å². The molecule has 1 amide bonds. The average Bonchev–Trinajstić information content (AvgIpc) is 3.45. The van der Waals surface area contributed by atoms with E-state index in [2.05, 4.69) is 33.0 Å². The Morgan fingerprint density at radius 2 is 1.91 bits per heavy atom. The van der Waals surface area contributed by atoms with E-state index in [0.29, 0.717) is 12.6 Å². The molecule has 0 saturated heterocycles. The van der Waals surface area contributed by atoms with Crippen LogP contribution < -0.4 is 10.1 Å². The van der Waals surface area contributed by atoms with Crippen LogP contribution in [0.15, 0.2) is 55.1 Å². The molecule has 4 aromatic rings. The van der Waals surface area contributed by atoms with Crippen LogP contribution in [-0.2, 0) is 6.54 Å². The predicted molar refractivity (Wildman–Crippen MR) is 129 cm³/mol. The second kappa shape index (κ2) is 9.10. The molecule has 0 atom stereocenters. The highest BCUT2D eigenvalue weighted by atomic mass is 16.5. The molecule has 1 fully saturated rings. The van der Waals surface area contributed by atoms with Crippen LogP contribution >= 0.6 is 0 Å². The summed E-state index contributed by atoms with van der Waals surface area (Å²) >= 11 is 0. The highest BCUT2D eigenvalue weighted by Gasteiger charge is 2.25. The standard InChI is InChI=1S/C26H29N5O2/c1-18-25(26(32)29-20-10-8-19(9-11-20)15-30-17-27-16-28-30)23-14-22(33-2)12-13-24(23)31(18)21-6-4-3-5-7-21/h8-14,16-17,21H,3-7,15H2,1-2H3,(H,29,32). The van der Waals surface area contributed by atoms with Gasteiger partial charge in [-0.1, -0.05) is 31.4 Å². The number of nitrogens with zero attached hydrogens (tertiary/aromatic N) is 4. The number of benzene rings is 2. The Hall–Kier alpha value is -3.61. The minimum Gasteiger partial charge on any atom is -0.497 e. The van der Waals surface area contributed by atoms with Crippen LogP contribution in [0.4, 0.5) is 5.69 Å². The molecule has 2 aromatic carbocycles. The second-order valence-electron chi connectivity index (χ2n) is 8.75. The number of methoxy groups -OCH3 is 1. The number of anilines is 1. The van der Waals surface area contributed by atoms with Crippen molar-refractivity contribution in [2.75, 3.05) is 12.4 Å². The normalized spacial score (nSPS) is 14.5. The highest BCUT2D eigenvalue weighted by Crippen LogP contribution is 2.37. The molecule has 5 rings (SSSR count). The Balaban J connectivity index is 1.45. The lowest BCUT2D eigenvalue weighted by Gasteiger charge is -2.26. The molecule has 0 aliphatic heterocycles. The Kier molecular flexibility index (Phi) is 5.86. The van der Waals surface area contributed by atoms with E-state index in [1.165, 1.54) is 25.6 Å². The number of fused-ring (bicyclic) bond motifs is 1. The van der Waals surface area contributed by atoms with Gasteiger partial charge in [0.15, 0.2) is 0 Å². The zero-order chi connectivity index (χ0) is 22.8. The van der Waals surface area contributed by atoms with E-state index < -0.39 is 0 Å². The number of hydrogen-bond acceptors (Lipinski definition) is 4. The molecular formula is C26H29N5O2. The van der Waals surface area contributed by atoms with Crippen molar-refractivity contribution in [1.29, 1.82) is 0 Å². The van der Waals surface area contributed by atoms with Gasteiger partial charge in [0.25, 0.3) is 5.91 Å². The van der Waals surface area contributed by atoms with Gasteiger partial charge in [-0.05, 0) is 55.7 Å². The first-order chi connectivity index (χ1) is 16.1. The van der Waals surface area contributed by atoms with E-state index >= 15 is 0 Å². The van der Waals surface area contributed by atoms with Gasteiger partial charge in [0.2, 0.25) is 0 Å². The van der Waals surface area contributed by atoms with E-state index in [9.17, 15) is 4.79 Å². The third-order valence-corrected chi connectivity index (χ3v) is 6.65. The molecule has 0 radical (unpaired) electrons. The molecule has 2 heterocycles. The maximum Gasteiger partial charge on any atom is 0.258 e. The zero-order valence-electron chi connectivity index (χ0n) is 19.1. The second-order valence-corrected chi connectivity index (χ2v) is 8.75. The fourth-order valence-corrected chi connectivity index (χ4v) is 5.03. The Morgan fingerprint density at radius 3 is 2.61 bits per heavy atom. The molecule has 170 valence electrons. The Bertz CT molecular complexity index is 1250. The molecule has 7 nitrogen and oxygen atoms in total. The third kappa shape index (κ3) is 4.23. The first-order valence-corrected chi connectivity index (χ1v) is 11.6. The Morgan fingerprint density at radius 1 is 1.12 bits per heavy atom. The maximum atomic E-state index is 13.5. The summed E-state index contributed by atoms with van der Waals surface area (Å²) in [6.07, 6.45) is 9.30. The number of hydrogen-bond donors (Lipinski definition) is 1. The molecule has 0 unspecified atom stereocenters. The first kappa shape index (κ1) is 21.2. The van der Waals surface area contributed by atoms with Gasteiger partial charge >= 0.3 is 0 Å². The zero-order valence-corrected chi connectivity index (χ0v) is 19.1. The molecule has 1 N–H and O–H groups in total. The fourth-order valence-electron chi connectivity index (χ4n) is 5.03. The fraction of sp³-hybridized carbons (Fsp3) is 0.346. The van der Waals surface area contributed by atoms with Crippen molar-refractivity contribution in [3.8, 4) is 5.75 Å².